The first-order valence-electron chi connectivity index (χ1n) is 8.66. The molecule has 0 N–H and O–H groups in total. The average molecular weight is 245 g/mol. The maximum atomic E-state index is 2.70. The molecule has 0 unspecified atom stereocenters. The zero-order valence-corrected chi connectivity index (χ0v) is 12.8. The number of nitrogens with zero attached hydrogens (tertiary/aromatic N) is 1. The van der Waals surface area contributed by atoms with Crippen LogP contribution in [-0.2, 0) is 0 Å². The Bertz CT molecular complexity index is 164. The topological polar surface area (TPSA) is 3.24 Å². The van der Waals surface area contributed by atoms with Gasteiger partial charge in [-0.25, -0.2) is 0 Å². The molecule has 0 spiro atoms. The third kappa shape index (κ3) is 9.48. The van der Waals surface area contributed by atoms with Crippen LogP contribution in [0.3, 0.4) is 0 Å². The molecule has 0 aliphatic carbocycles. The Morgan fingerprint density at radius 1 is 0.611 bits per heavy atom. The molecule has 102 valence electrons. The summed E-state index contributed by atoms with van der Waals surface area (Å²) in [6.45, 7) is 4.11. The van der Waals surface area contributed by atoms with E-state index >= 15 is 0 Å². The second kappa shape index (κ2) is 12.6. The Morgan fingerprint density at radius 3 is 1.67 bits per heavy atom. The predicted molar refractivity (Wildman–Crippen MR) is 82.4 cm³/mol. The van der Waals surface area contributed by atoms with Crippen molar-refractivity contribution in [2.24, 2.45) is 0 Å². The van der Waals surface area contributed by atoms with Crippen molar-refractivity contribution in [1.29, 1.82) is 0 Å². The molecule has 0 aromatic heterocycles. The molecule has 1 aliphatic rings. The zero-order valence-electron chi connectivity index (χ0n) is 12.8. The van der Waals surface area contributed by atoms with E-state index in [0.29, 0.717) is 0 Å². The van der Waals surface area contributed by atoms with Crippen LogP contribution in [0.15, 0.2) is 0 Å². The van der Waals surface area contributed by atoms with Gasteiger partial charge in [-0.15, -0.1) is 0 Å². The van der Waals surface area contributed by atoms with Crippen LogP contribution in [0.4, 0.5) is 0 Å². The normalized spacial score (nSPS) is 17.9. The Balaban J connectivity index is 1.80. The second-order valence-electron chi connectivity index (χ2n) is 6.08. The molecule has 0 radical (unpaired) electrons. The number of hydrogen-bond acceptors (Lipinski definition) is 1. The molecule has 2 heteroatoms. The van der Waals surface area contributed by atoms with Crippen LogP contribution in [0, 0.1) is 0 Å². The van der Waals surface area contributed by atoms with Crippen LogP contribution >= 0.6 is 0 Å². The molecule has 1 aliphatic heterocycles. The molecule has 1 rings (SSSR count). The second-order valence-corrected chi connectivity index (χ2v) is 6.08. The summed E-state index contributed by atoms with van der Waals surface area (Å²) in [5.41, 5.74) is 0. The Labute approximate surface area is 124 Å². The van der Waals surface area contributed by atoms with E-state index in [9.17, 15) is 0 Å². The van der Waals surface area contributed by atoms with Gasteiger partial charge in [0.1, 0.15) is 0 Å². The van der Waals surface area contributed by atoms with Crippen LogP contribution in [0.25, 0.3) is 0 Å². The standard InChI is InChI=1S/C16H32N.Li/c1-2-3-4-5-6-7-8-11-14-17-15-12-9-10-13-16-17;/h1-16H2;. The first-order valence-corrected chi connectivity index (χ1v) is 8.66. The van der Waals surface area contributed by atoms with Gasteiger partial charge in [0.2, 0.25) is 0 Å². The molecule has 0 saturated carbocycles. The van der Waals surface area contributed by atoms with Crippen molar-refractivity contribution in [3.05, 3.63) is 0 Å². The van der Waals surface area contributed by atoms with E-state index in [0.717, 1.165) is 0 Å². The van der Waals surface area contributed by atoms with Gasteiger partial charge in [0.25, 0.3) is 0 Å². The van der Waals surface area contributed by atoms with Gasteiger partial charge in [0.15, 0.2) is 0 Å². The quantitative estimate of drug-likeness (QED) is 0.402. The summed E-state index contributed by atoms with van der Waals surface area (Å²) in [5, 5.41) is 1.37. The van der Waals surface area contributed by atoms with Crippen molar-refractivity contribution < 1.29 is 0 Å². The van der Waals surface area contributed by atoms with Crippen LogP contribution in [0.2, 0.25) is 5.09 Å². The van der Waals surface area contributed by atoms with Crippen molar-refractivity contribution in [3.63, 3.8) is 0 Å². The monoisotopic (exact) mass is 245 g/mol. The van der Waals surface area contributed by atoms with E-state index in [4.69, 9.17) is 0 Å². The van der Waals surface area contributed by atoms with Gasteiger partial charge < -0.3 is 0 Å². The van der Waals surface area contributed by atoms with Gasteiger partial charge in [0.05, 0.1) is 0 Å². The van der Waals surface area contributed by atoms with E-state index in [-0.39, 0.29) is 0 Å². The van der Waals surface area contributed by atoms with Crippen molar-refractivity contribution >= 4 is 17.7 Å². The van der Waals surface area contributed by atoms with Gasteiger partial charge >= 0.3 is 98.7 Å². The van der Waals surface area contributed by atoms with E-state index in [1.807, 2.05) is 0 Å². The van der Waals surface area contributed by atoms with E-state index in [1.165, 1.54) is 102 Å². The number of rotatable bonds is 10. The summed E-state index contributed by atoms with van der Waals surface area (Å²) >= 11 is 2.29. The molecule has 1 saturated heterocycles. The predicted octanol–water partition coefficient (Wildman–Crippen LogP) is 4.57. The van der Waals surface area contributed by atoms with Crippen LogP contribution in [0.1, 0.15) is 77.0 Å². The summed E-state index contributed by atoms with van der Waals surface area (Å²) in [5.74, 6) is 0. The third-order valence-corrected chi connectivity index (χ3v) is 4.28. The van der Waals surface area contributed by atoms with Crippen molar-refractivity contribution in [3.8, 4) is 0 Å². The first-order chi connectivity index (χ1) is 8.93. The molecule has 1 heterocycles. The van der Waals surface area contributed by atoms with Crippen molar-refractivity contribution in [2.45, 2.75) is 82.1 Å². The molecular weight excluding hydrogens is 213 g/mol. The summed E-state index contributed by atoms with van der Waals surface area (Å²) in [4.78, 5) is 2.70. The summed E-state index contributed by atoms with van der Waals surface area (Å²) in [7, 11) is 0. The van der Waals surface area contributed by atoms with Crippen LogP contribution < -0.4 is 0 Å². The fourth-order valence-electron chi connectivity index (χ4n) is 3.01. The van der Waals surface area contributed by atoms with E-state index in [2.05, 4.69) is 22.6 Å². The minimum Gasteiger partial charge on any atom is -0.0520 e. The average Bonchev–Trinajstić information content (AvgIpc) is 2.65. The van der Waals surface area contributed by atoms with Crippen LogP contribution in [0.5, 0.6) is 0 Å². The molecule has 0 bridgehead atoms. The number of likely N-dealkylation sites (tertiary alicyclic amines) is 1. The number of unbranched alkanes of at least 4 members (excludes halogenated alkanes) is 7. The van der Waals surface area contributed by atoms with Crippen molar-refractivity contribution in [1.82, 2.24) is 4.90 Å². The van der Waals surface area contributed by atoms with Gasteiger partial charge in [-0.05, 0) is 12.8 Å². The van der Waals surface area contributed by atoms with Gasteiger partial charge in [-0.1, -0.05) is 12.8 Å². The number of hydrogen-bond donors (Lipinski definition) is 0. The molecule has 0 amide bonds. The smallest absolute Gasteiger partial charge is 0.0520 e. The van der Waals surface area contributed by atoms with E-state index in [1.54, 1.807) is 0 Å². The first kappa shape index (κ1) is 16.6. The minimum atomic E-state index is 1.37. The summed E-state index contributed by atoms with van der Waals surface area (Å²) < 4.78 is 0. The molecule has 0 atom stereocenters. The molecule has 1 fully saturated rings. The van der Waals surface area contributed by atoms with E-state index < -0.39 is 0 Å². The van der Waals surface area contributed by atoms with Crippen molar-refractivity contribution in [2.75, 3.05) is 19.6 Å². The van der Waals surface area contributed by atoms with Crippen LogP contribution in [-0.4, -0.2) is 42.2 Å². The SMILES string of the molecule is [Li][CH2]CCCCCCCCCN1CCCCCC1. The van der Waals surface area contributed by atoms with Gasteiger partial charge in [0, 0.05) is 0 Å². The Hall–Kier alpha value is 0.557. The minimum absolute atomic E-state index is 1.37. The summed E-state index contributed by atoms with van der Waals surface area (Å²) in [6, 6.07) is 0. The molecule has 1 nitrogen and oxygen atoms in total. The maximum absolute atomic E-state index is 2.70. The molecule has 18 heavy (non-hydrogen) atoms. The van der Waals surface area contributed by atoms with Gasteiger partial charge in [-0.3, -0.25) is 0 Å². The summed E-state index contributed by atoms with van der Waals surface area (Å²) in [6.07, 6.45) is 17.5. The molecule has 0 aromatic rings. The van der Waals surface area contributed by atoms with Gasteiger partial charge in [-0.2, -0.15) is 0 Å². The molecule has 0 aromatic carbocycles. The fraction of sp³-hybridized carbons (Fsp3) is 1.00. The Morgan fingerprint density at radius 2 is 1.11 bits per heavy atom. The Kier molecular flexibility index (Phi) is 11.6. The zero-order chi connectivity index (χ0) is 12.9. The molecular formula is C16H32LiN. The third-order valence-electron chi connectivity index (χ3n) is 4.28. The fourth-order valence-corrected chi connectivity index (χ4v) is 3.01.